The summed E-state index contributed by atoms with van der Waals surface area (Å²) in [6.07, 6.45) is 0.652. The Labute approximate surface area is 157 Å². The van der Waals surface area contributed by atoms with E-state index in [0.29, 0.717) is 13.0 Å². The normalized spacial score (nSPS) is 11.0. The van der Waals surface area contributed by atoms with Gasteiger partial charge in [0.05, 0.1) is 17.6 Å². The van der Waals surface area contributed by atoms with Crippen LogP contribution in [0.3, 0.4) is 0 Å². The van der Waals surface area contributed by atoms with Crippen LogP contribution in [0.15, 0.2) is 51.4 Å². The van der Waals surface area contributed by atoms with E-state index < -0.39 is 0 Å². The van der Waals surface area contributed by atoms with Crippen molar-refractivity contribution < 1.29 is 9.53 Å². The second-order valence-electron chi connectivity index (χ2n) is 5.36. The van der Waals surface area contributed by atoms with Gasteiger partial charge in [-0.1, -0.05) is 44.0 Å². The molecule has 0 saturated heterocycles. The van der Waals surface area contributed by atoms with Gasteiger partial charge in [0.25, 0.3) is 0 Å². The van der Waals surface area contributed by atoms with Crippen molar-refractivity contribution >= 4 is 48.9 Å². The first kappa shape index (κ1) is 17.2. The third-order valence-electron chi connectivity index (χ3n) is 3.66. The number of esters is 1. The molecule has 2 aromatic carbocycles. The van der Waals surface area contributed by atoms with E-state index in [0.717, 1.165) is 31.4 Å². The molecule has 24 heavy (non-hydrogen) atoms. The Morgan fingerprint density at radius 1 is 1.12 bits per heavy atom. The molecule has 124 valence electrons. The van der Waals surface area contributed by atoms with Crippen molar-refractivity contribution in [3.63, 3.8) is 0 Å². The number of imidazole rings is 1. The molecule has 1 aromatic heterocycles. The molecular formula is C18H16Br2N2O2. The van der Waals surface area contributed by atoms with Gasteiger partial charge in [-0.3, -0.25) is 4.79 Å². The van der Waals surface area contributed by atoms with Gasteiger partial charge in [0.1, 0.15) is 12.4 Å². The van der Waals surface area contributed by atoms with Gasteiger partial charge in [-0.2, -0.15) is 0 Å². The first-order valence-electron chi connectivity index (χ1n) is 7.61. The van der Waals surface area contributed by atoms with Crippen LogP contribution < -0.4 is 0 Å². The number of fused-ring (bicyclic) bond motifs is 1. The number of aromatic nitrogens is 2. The predicted octanol–water partition coefficient (Wildman–Crippen LogP) is 4.72. The molecule has 1 heterocycles. The maximum atomic E-state index is 12.0. The third kappa shape index (κ3) is 3.87. The fourth-order valence-electron chi connectivity index (χ4n) is 2.58. The third-order valence-corrected chi connectivity index (χ3v) is 4.68. The van der Waals surface area contributed by atoms with Crippen LogP contribution in [-0.4, -0.2) is 22.1 Å². The van der Waals surface area contributed by atoms with Crippen molar-refractivity contribution in [1.82, 2.24) is 9.55 Å². The van der Waals surface area contributed by atoms with E-state index in [1.807, 2.05) is 54.0 Å². The van der Waals surface area contributed by atoms with Gasteiger partial charge in [0.15, 0.2) is 0 Å². The predicted molar refractivity (Wildman–Crippen MR) is 101 cm³/mol. The first-order valence-corrected chi connectivity index (χ1v) is 9.20. The number of carbonyl (C=O) groups excluding carboxylic acids is 1. The summed E-state index contributed by atoms with van der Waals surface area (Å²) >= 11 is 6.93. The molecule has 0 saturated carbocycles. The van der Waals surface area contributed by atoms with E-state index in [4.69, 9.17) is 9.72 Å². The van der Waals surface area contributed by atoms with E-state index in [2.05, 4.69) is 31.9 Å². The zero-order valence-electron chi connectivity index (χ0n) is 13.1. The van der Waals surface area contributed by atoms with Crippen molar-refractivity contribution in [3.05, 3.63) is 62.8 Å². The lowest BCUT2D eigenvalue weighted by molar-refractivity contribution is -0.143. The van der Waals surface area contributed by atoms with Gasteiger partial charge in [0, 0.05) is 15.4 Å². The summed E-state index contributed by atoms with van der Waals surface area (Å²) in [7, 11) is 0. The Morgan fingerprint density at radius 2 is 1.83 bits per heavy atom. The second-order valence-corrected chi connectivity index (χ2v) is 7.19. The fourth-order valence-corrected chi connectivity index (χ4v) is 3.19. The highest BCUT2D eigenvalue weighted by Crippen LogP contribution is 2.23. The summed E-state index contributed by atoms with van der Waals surface area (Å²) in [6, 6.07) is 14.0. The number of ether oxygens (including phenoxy) is 1. The van der Waals surface area contributed by atoms with Gasteiger partial charge in [-0.15, -0.1) is 0 Å². The lowest BCUT2D eigenvalue weighted by Gasteiger charge is -2.09. The number of rotatable bonds is 5. The van der Waals surface area contributed by atoms with Gasteiger partial charge < -0.3 is 9.30 Å². The van der Waals surface area contributed by atoms with Crippen molar-refractivity contribution in [2.45, 2.75) is 19.9 Å². The number of carbonyl (C=O) groups is 1. The molecular weight excluding hydrogens is 436 g/mol. The Balaban J connectivity index is 2.01. The van der Waals surface area contributed by atoms with E-state index >= 15 is 0 Å². The Morgan fingerprint density at radius 3 is 2.54 bits per heavy atom. The van der Waals surface area contributed by atoms with Crippen molar-refractivity contribution in [3.8, 4) is 0 Å². The Bertz CT molecular complexity index is 873. The minimum atomic E-state index is -0.256. The molecule has 0 radical (unpaired) electrons. The average Bonchev–Trinajstić information content (AvgIpc) is 2.87. The quantitative estimate of drug-likeness (QED) is 0.527. The van der Waals surface area contributed by atoms with Crippen LogP contribution in [-0.2, 0) is 22.5 Å². The lowest BCUT2D eigenvalue weighted by Crippen LogP contribution is -2.15. The first-order chi connectivity index (χ1) is 11.6. The fraction of sp³-hybridized carbons (Fsp3) is 0.222. The zero-order chi connectivity index (χ0) is 17.1. The second kappa shape index (κ2) is 7.49. The van der Waals surface area contributed by atoms with Gasteiger partial charge in [0.2, 0.25) is 0 Å². The monoisotopic (exact) mass is 450 g/mol. The summed E-state index contributed by atoms with van der Waals surface area (Å²) < 4.78 is 9.03. The minimum absolute atomic E-state index is 0.159. The highest BCUT2D eigenvalue weighted by atomic mass is 79.9. The molecule has 0 N–H and O–H groups in total. The van der Waals surface area contributed by atoms with E-state index in [-0.39, 0.29) is 12.5 Å². The summed E-state index contributed by atoms with van der Waals surface area (Å²) in [5.74, 6) is 0.590. The van der Waals surface area contributed by atoms with E-state index in [1.165, 1.54) is 0 Å². The summed E-state index contributed by atoms with van der Waals surface area (Å²) in [4.78, 5) is 16.7. The molecule has 0 fully saturated rings. The molecule has 6 heteroatoms. The van der Waals surface area contributed by atoms with Gasteiger partial charge in [-0.25, -0.2) is 4.98 Å². The maximum Gasteiger partial charge on any atom is 0.326 e. The van der Waals surface area contributed by atoms with Crippen molar-refractivity contribution in [2.24, 2.45) is 0 Å². The van der Waals surface area contributed by atoms with Crippen LogP contribution in [0, 0.1) is 0 Å². The molecule has 0 amide bonds. The van der Waals surface area contributed by atoms with Crippen molar-refractivity contribution in [2.75, 3.05) is 6.61 Å². The van der Waals surface area contributed by atoms with E-state index in [1.54, 1.807) is 0 Å². The number of nitrogens with zero attached hydrogens (tertiary/aromatic N) is 2. The maximum absolute atomic E-state index is 12.0. The van der Waals surface area contributed by atoms with Crippen LogP contribution >= 0.6 is 31.9 Å². The lowest BCUT2D eigenvalue weighted by atomic mass is 10.1. The minimum Gasteiger partial charge on any atom is -0.465 e. The standard InChI is InChI=1S/C18H16Br2N2O2/c1-2-24-18(23)11-22-16-10-14(20)7-8-15(16)21-17(22)9-12-3-5-13(19)6-4-12/h3-8,10H,2,9,11H2,1H3. The molecule has 0 atom stereocenters. The Hall–Kier alpha value is -1.66. The Kier molecular flexibility index (Phi) is 5.36. The molecule has 0 spiro atoms. The number of hydrogen-bond donors (Lipinski definition) is 0. The van der Waals surface area contributed by atoms with Crippen LogP contribution in [0.2, 0.25) is 0 Å². The number of hydrogen-bond acceptors (Lipinski definition) is 3. The number of halogens is 2. The summed E-state index contributed by atoms with van der Waals surface area (Å²) in [6.45, 7) is 2.34. The molecule has 3 aromatic rings. The van der Waals surface area contributed by atoms with Crippen LogP contribution in [0.25, 0.3) is 11.0 Å². The van der Waals surface area contributed by atoms with Crippen LogP contribution in [0.1, 0.15) is 18.3 Å². The van der Waals surface area contributed by atoms with Crippen molar-refractivity contribution in [1.29, 1.82) is 0 Å². The largest absolute Gasteiger partial charge is 0.465 e. The number of benzene rings is 2. The molecule has 0 unspecified atom stereocenters. The highest BCUT2D eigenvalue weighted by molar-refractivity contribution is 9.10. The smallest absolute Gasteiger partial charge is 0.326 e. The molecule has 0 aliphatic rings. The molecule has 0 aliphatic heterocycles. The van der Waals surface area contributed by atoms with Gasteiger partial charge >= 0.3 is 5.97 Å². The molecule has 3 rings (SSSR count). The SMILES string of the molecule is CCOC(=O)Cn1c(Cc2ccc(Br)cc2)nc2ccc(Br)cc21. The van der Waals surface area contributed by atoms with E-state index in [9.17, 15) is 4.79 Å². The summed E-state index contributed by atoms with van der Waals surface area (Å²) in [5.41, 5.74) is 2.93. The van der Waals surface area contributed by atoms with Crippen LogP contribution in [0.4, 0.5) is 0 Å². The molecule has 0 bridgehead atoms. The topological polar surface area (TPSA) is 44.1 Å². The molecule has 0 aliphatic carbocycles. The zero-order valence-corrected chi connectivity index (χ0v) is 16.3. The van der Waals surface area contributed by atoms with Crippen LogP contribution in [0.5, 0.6) is 0 Å². The highest BCUT2D eigenvalue weighted by Gasteiger charge is 2.15. The molecule has 4 nitrogen and oxygen atoms in total. The van der Waals surface area contributed by atoms with Gasteiger partial charge in [-0.05, 0) is 42.8 Å². The summed E-state index contributed by atoms with van der Waals surface area (Å²) in [5, 5.41) is 0. The average molecular weight is 452 g/mol.